The van der Waals surface area contributed by atoms with Crippen LogP contribution in [-0.4, -0.2) is 25.8 Å². The van der Waals surface area contributed by atoms with Gasteiger partial charge in [-0.2, -0.15) is 4.98 Å². The molecule has 0 saturated heterocycles. The second-order valence-electron chi connectivity index (χ2n) is 7.69. The molecule has 1 unspecified atom stereocenters. The second-order valence-corrected chi connectivity index (χ2v) is 8.61. The zero-order valence-electron chi connectivity index (χ0n) is 17.7. The molecular formula is C25H20BrN5O2. The number of para-hydroxylation sites is 1. The van der Waals surface area contributed by atoms with E-state index < -0.39 is 6.04 Å². The van der Waals surface area contributed by atoms with E-state index in [2.05, 4.69) is 31.5 Å². The number of carbonyl (C=O) groups excluding carboxylic acids is 1. The number of phenolic OH excluding ortho intramolecular Hbond substituents is 1. The number of benzene rings is 3. The molecule has 33 heavy (non-hydrogen) atoms. The monoisotopic (exact) mass is 501 g/mol. The number of allylic oxidation sites excluding steroid dienone is 1. The number of nitrogens with one attached hydrogen (secondary N) is 2. The van der Waals surface area contributed by atoms with Gasteiger partial charge in [0, 0.05) is 21.4 Å². The highest BCUT2D eigenvalue weighted by Crippen LogP contribution is 2.37. The van der Waals surface area contributed by atoms with Crippen molar-refractivity contribution in [3.8, 4) is 17.1 Å². The van der Waals surface area contributed by atoms with E-state index >= 15 is 0 Å². The van der Waals surface area contributed by atoms with Crippen molar-refractivity contribution >= 4 is 33.5 Å². The zero-order valence-corrected chi connectivity index (χ0v) is 19.2. The van der Waals surface area contributed by atoms with Crippen LogP contribution in [0.4, 0.5) is 11.6 Å². The maximum atomic E-state index is 13.4. The first kappa shape index (κ1) is 21.0. The van der Waals surface area contributed by atoms with Gasteiger partial charge in [-0.1, -0.05) is 58.4 Å². The molecule has 8 heteroatoms. The summed E-state index contributed by atoms with van der Waals surface area (Å²) in [5.41, 5.74) is 3.52. The molecular weight excluding hydrogens is 482 g/mol. The molecule has 1 atom stereocenters. The summed E-state index contributed by atoms with van der Waals surface area (Å²) in [6, 6.07) is 23.4. The second kappa shape index (κ2) is 8.55. The van der Waals surface area contributed by atoms with E-state index in [4.69, 9.17) is 5.10 Å². The third-order valence-electron chi connectivity index (χ3n) is 5.42. The first-order valence-electron chi connectivity index (χ1n) is 10.4. The highest BCUT2D eigenvalue weighted by molar-refractivity contribution is 9.10. The first-order chi connectivity index (χ1) is 16.0. The third kappa shape index (κ3) is 4.12. The van der Waals surface area contributed by atoms with Crippen LogP contribution in [-0.2, 0) is 4.79 Å². The minimum Gasteiger partial charge on any atom is -0.508 e. The van der Waals surface area contributed by atoms with Crippen molar-refractivity contribution in [1.29, 1.82) is 0 Å². The Morgan fingerprint density at radius 1 is 1.06 bits per heavy atom. The molecule has 1 amide bonds. The van der Waals surface area contributed by atoms with Gasteiger partial charge in [0.05, 0.1) is 5.57 Å². The van der Waals surface area contributed by atoms with E-state index in [0.717, 1.165) is 10.0 Å². The number of carbonyl (C=O) groups is 1. The molecule has 2 heterocycles. The lowest BCUT2D eigenvalue weighted by Gasteiger charge is -2.28. The van der Waals surface area contributed by atoms with E-state index in [1.54, 1.807) is 22.9 Å². The highest BCUT2D eigenvalue weighted by atomic mass is 79.9. The molecule has 1 aliphatic heterocycles. The molecule has 1 aromatic heterocycles. The van der Waals surface area contributed by atoms with Gasteiger partial charge in [-0.05, 0) is 48.9 Å². The molecule has 0 radical (unpaired) electrons. The van der Waals surface area contributed by atoms with Gasteiger partial charge in [-0.25, -0.2) is 4.68 Å². The topological polar surface area (TPSA) is 92.1 Å². The minimum atomic E-state index is -0.489. The molecule has 0 bridgehead atoms. The predicted molar refractivity (Wildman–Crippen MR) is 131 cm³/mol. The lowest BCUT2D eigenvalue weighted by Crippen LogP contribution is -2.31. The largest absolute Gasteiger partial charge is 0.508 e. The van der Waals surface area contributed by atoms with Crippen molar-refractivity contribution in [3.63, 3.8) is 0 Å². The van der Waals surface area contributed by atoms with Crippen molar-refractivity contribution in [2.24, 2.45) is 0 Å². The van der Waals surface area contributed by atoms with E-state index in [1.807, 2.05) is 67.6 Å². The number of hydrogen-bond acceptors (Lipinski definition) is 5. The van der Waals surface area contributed by atoms with Crippen LogP contribution in [0.3, 0.4) is 0 Å². The van der Waals surface area contributed by atoms with Gasteiger partial charge in [0.15, 0.2) is 5.82 Å². The number of rotatable bonds is 4. The maximum absolute atomic E-state index is 13.4. The van der Waals surface area contributed by atoms with Crippen molar-refractivity contribution in [3.05, 3.63) is 100 Å². The Kier molecular flexibility index (Phi) is 5.43. The van der Waals surface area contributed by atoms with Crippen LogP contribution in [0.25, 0.3) is 11.4 Å². The van der Waals surface area contributed by atoms with Crippen molar-refractivity contribution < 1.29 is 9.90 Å². The Morgan fingerprint density at radius 3 is 2.55 bits per heavy atom. The number of halogens is 1. The van der Waals surface area contributed by atoms with Crippen LogP contribution in [0, 0.1) is 0 Å². The number of fused-ring (bicyclic) bond motifs is 1. The fourth-order valence-electron chi connectivity index (χ4n) is 3.89. The van der Waals surface area contributed by atoms with E-state index in [9.17, 15) is 9.90 Å². The van der Waals surface area contributed by atoms with Crippen molar-refractivity contribution in [2.75, 3.05) is 10.6 Å². The summed E-state index contributed by atoms with van der Waals surface area (Å²) in [5, 5.41) is 20.8. The van der Waals surface area contributed by atoms with Gasteiger partial charge in [-0.15, -0.1) is 5.10 Å². The van der Waals surface area contributed by atoms with Gasteiger partial charge >= 0.3 is 0 Å². The average Bonchev–Trinajstić information content (AvgIpc) is 3.23. The Balaban J connectivity index is 1.61. The molecule has 164 valence electrons. The smallest absolute Gasteiger partial charge is 0.255 e. The Morgan fingerprint density at radius 2 is 1.82 bits per heavy atom. The Bertz CT molecular complexity index is 1360. The molecule has 0 spiro atoms. The van der Waals surface area contributed by atoms with Crippen LogP contribution >= 0.6 is 15.9 Å². The standard InChI is InChI=1S/C25H20BrN5O2/c1-15-21(24(33)28-19-7-3-2-4-8-19)22(16-10-12-18(26)13-11-16)31-25(27-15)29-23(30-31)17-6-5-9-20(32)14-17/h2-14,22,32H,1H3,(H,28,33)(H,27,29,30). The lowest BCUT2D eigenvalue weighted by molar-refractivity contribution is -0.113. The number of nitrogens with zero attached hydrogens (tertiary/aromatic N) is 3. The summed E-state index contributed by atoms with van der Waals surface area (Å²) in [7, 11) is 0. The van der Waals surface area contributed by atoms with Gasteiger partial charge in [-0.3, -0.25) is 4.79 Å². The fourth-order valence-corrected chi connectivity index (χ4v) is 4.15. The fraction of sp³-hybridized carbons (Fsp3) is 0.0800. The van der Waals surface area contributed by atoms with Crippen molar-refractivity contribution in [2.45, 2.75) is 13.0 Å². The predicted octanol–water partition coefficient (Wildman–Crippen LogP) is 5.34. The summed E-state index contributed by atoms with van der Waals surface area (Å²) in [6.07, 6.45) is 0. The molecule has 0 fully saturated rings. The minimum absolute atomic E-state index is 0.134. The molecule has 3 aromatic carbocycles. The summed E-state index contributed by atoms with van der Waals surface area (Å²) >= 11 is 3.48. The lowest BCUT2D eigenvalue weighted by atomic mass is 9.95. The SMILES string of the molecule is CC1=C(C(=O)Nc2ccccc2)C(c2ccc(Br)cc2)n2nc(-c3cccc(O)c3)nc2N1. The normalized spacial score (nSPS) is 15.0. The van der Waals surface area contributed by atoms with Crippen molar-refractivity contribution in [1.82, 2.24) is 14.8 Å². The zero-order chi connectivity index (χ0) is 22.9. The van der Waals surface area contributed by atoms with E-state index in [-0.39, 0.29) is 11.7 Å². The van der Waals surface area contributed by atoms with Gasteiger partial charge < -0.3 is 15.7 Å². The van der Waals surface area contributed by atoms with Crippen LogP contribution < -0.4 is 10.6 Å². The Labute approximate surface area is 198 Å². The molecule has 1 aliphatic rings. The third-order valence-corrected chi connectivity index (χ3v) is 5.95. The van der Waals surface area contributed by atoms with E-state index in [1.165, 1.54) is 0 Å². The van der Waals surface area contributed by atoms with E-state index in [0.29, 0.717) is 34.3 Å². The quantitative estimate of drug-likeness (QED) is 0.351. The number of amides is 1. The average molecular weight is 502 g/mol. The number of aromatic hydroxyl groups is 1. The number of hydrogen-bond donors (Lipinski definition) is 3. The van der Waals surface area contributed by atoms with Gasteiger partial charge in [0.1, 0.15) is 11.8 Å². The summed E-state index contributed by atoms with van der Waals surface area (Å²) < 4.78 is 2.66. The molecule has 3 N–H and O–H groups in total. The number of phenols is 1. The Hall–Kier alpha value is -3.91. The highest BCUT2D eigenvalue weighted by Gasteiger charge is 2.34. The molecule has 4 aromatic rings. The summed E-state index contributed by atoms with van der Waals surface area (Å²) in [5.74, 6) is 0.886. The van der Waals surface area contributed by atoms with Crippen LogP contribution in [0.2, 0.25) is 0 Å². The summed E-state index contributed by atoms with van der Waals surface area (Å²) in [6.45, 7) is 1.86. The molecule has 0 saturated carbocycles. The van der Waals surface area contributed by atoms with Gasteiger partial charge in [0.2, 0.25) is 5.95 Å². The summed E-state index contributed by atoms with van der Waals surface area (Å²) in [4.78, 5) is 18.1. The van der Waals surface area contributed by atoms with Crippen LogP contribution in [0.5, 0.6) is 5.75 Å². The molecule has 0 aliphatic carbocycles. The maximum Gasteiger partial charge on any atom is 0.255 e. The number of aromatic nitrogens is 3. The van der Waals surface area contributed by atoms with Gasteiger partial charge in [0.25, 0.3) is 5.91 Å². The van der Waals surface area contributed by atoms with Crippen LogP contribution in [0.1, 0.15) is 18.5 Å². The number of anilines is 2. The molecule has 7 nitrogen and oxygen atoms in total. The first-order valence-corrected chi connectivity index (χ1v) is 11.1. The molecule has 5 rings (SSSR count). The van der Waals surface area contributed by atoms with Crippen LogP contribution in [0.15, 0.2) is 94.6 Å².